The van der Waals surface area contributed by atoms with Gasteiger partial charge in [-0.15, -0.1) is 0 Å². The highest BCUT2D eigenvalue weighted by atomic mass is 35.5. The van der Waals surface area contributed by atoms with Gasteiger partial charge in [-0.1, -0.05) is 24.4 Å². The Labute approximate surface area is 195 Å². The van der Waals surface area contributed by atoms with E-state index in [4.69, 9.17) is 11.6 Å². The first-order valence-electron chi connectivity index (χ1n) is 10.8. The summed E-state index contributed by atoms with van der Waals surface area (Å²) in [5, 5.41) is 4.33. The first-order chi connectivity index (χ1) is 16.3. The van der Waals surface area contributed by atoms with Gasteiger partial charge in [-0.3, -0.25) is 19.0 Å². The van der Waals surface area contributed by atoms with Crippen LogP contribution in [0.4, 0.5) is 13.2 Å². The van der Waals surface area contributed by atoms with E-state index in [-0.39, 0.29) is 33.2 Å². The average Bonchev–Trinajstić information content (AvgIpc) is 3.26. The molecule has 5 rings (SSSR count). The molecule has 1 fully saturated rings. The van der Waals surface area contributed by atoms with Crippen molar-refractivity contribution in [2.24, 2.45) is 0 Å². The van der Waals surface area contributed by atoms with Crippen molar-refractivity contribution >= 4 is 34.1 Å². The number of rotatable bonds is 4. The Balaban J connectivity index is 1.66. The second-order valence-electron chi connectivity index (χ2n) is 8.21. The third kappa shape index (κ3) is 3.83. The number of hydrogen-bond donors (Lipinski definition) is 1. The SMILES string of the molecule is O=C(c1cc2c(cn1)c(-c1c[nH]c3cc(=O)c(Cl)cn13)nn2C(F)C(F)F)N1CCCCCC1. The number of H-pyrrole nitrogens is 1. The van der Waals surface area contributed by atoms with Crippen LogP contribution in [0.15, 0.2) is 35.5 Å². The third-order valence-corrected chi connectivity index (χ3v) is 6.29. The van der Waals surface area contributed by atoms with Crippen LogP contribution in [-0.4, -0.2) is 54.5 Å². The molecule has 1 amide bonds. The molecule has 0 saturated carbocycles. The van der Waals surface area contributed by atoms with Crippen LogP contribution in [0.1, 0.15) is 42.5 Å². The molecule has 0 aliphatic carbocycles. The zero-order valence-corrected chi connectivity index (χ0v) is 18.6. The quantitative estimate of drug-likeness (QED) is 0.456. The van der Waals surface area contributed by atoms with Gasteiger partial charge in [0.05, 0.1) is 11.2 Å². The van der Waals surface area contributed by atoms with Crippen LogP contribution in [0, 0.1) is 0 Å². The lowest BCUT2D eigenvalue weighted by Gasteiger charge is -2.19. The summed E-state index contributed by atoms with van der Waals surface area (Å²) < 4.78 is 43.4. The molecule has 0 bridgehead atoms. The van der Waals surface area contributed by atoms with Crippen LogP contribution >= 0.6 is 11.6 Å². The number of hydrogen-bond acceptors (Lipinski definition) is 4. The number of pyridine rings is 2. The fourth-order valence-electron chi connectivity index (χ4n) is 4.28. The van der Waals surface area contributed by atoms with E-state index in [0.29, 0.717) is 29.1 Å². The molecule has 0 radical (unpaired) electrons. The highest BCUT2D eigenvalue weighted by Gasteiger charge is 2.28. The first kappa shape index (κ1) is 22.5. The maximum Gasteiger partial charge on any atom is 0.289 e. The lowest BCUT2D eigenvalue weighted by Crippen LogP contribution is -2.32. The predicted molar refractivity (Wildman–Crippen MR) is 120 cm³/mol. The molecule has 4 aromatic rings. The van der Waals surface area contributed by atoms with Crippen molar-refractivity contribution in [1.29, 1.82) is 0 Å². The first-order valence-corrected chi connectivity index (χ1v) is 11.2. The Hall–Kier alpha value is -3.34. The fraction of sp³-hybridized carbons (Fsp3) is 0.364. The molecule has 4 aromatic heterocycles. The smallest absolute Gasteiger partial charge is 0.289 e. The lowest BCUT2D eigenvalue weighted by molar-refractivity contribution is 0.00356. The van der Waals surface area contributed by atoms with Gasteiger partial charge < -0.3 is 9.88 Å². The Bertz CT molecular complexity index is 1440. The van der Waals surface area contributed by atoms with E-state index in [9.17, 15) is 22.8 Å². The number of aromatic amines is 1. The van der Waals surface area contributed by atoms with Gasteiger partial charge in [0.2, 0.25) is 5.43 Å². The molecule has 5 heterocycles. The highest BCUT2D eigenvalue weighted by molar-refractivity contribution is 6.30. The van der Waals surface area contributed by atoms with Gasteiger partial charge in [-0.05, 0) is 18.9 Å². The van der Waals surface area contributed by atoms with Crippen molar-refractivity contribution in [1.82, 2.24) is 29.0 Å². The predicted octanol–water partition coefficient (Wildman–Crippen LogP) is 4.44. The Morgan fingerprint density at radius 2 is 1.85 bits per heavy atom. The zero-order valence-electron chi connectivity index (χ0n) is 17.8. The minimum Gasteiger partial charge on any atom is -0.345 e. The number of nitrogens with one attached hydrogen (secondary N) is 1. The van der Waals surface area contributed by atoms with Crippen LogP contribution in [0.2, 0.25) is 5.02 Å². The summed E-state index contributed by atoms with van der Waals surface area (Å²) in [6, 6.07) is 2.58. The second-order valence-corrected chi connectivity index (χ2v) is 8.62. The van der Waals surface area contributed by atoms with Crippen molar-refractivity contribution in [3.63, 3.8) is 0 Å². The number of aromatic nitrogens is 5. The summed E-state index contributed by atoms with van der Waals surface area (Å²) in [6.45, 7) is 1.17. The molecule has 1 aliphatic rings. The lowest BCUT2D eigenvalue weighted by atomic mass is 10.2. The molecule has 1 aliphatic heterocycles. The van der Waals surface area contributed by atoms with E-state index in [2.05, 4.69) is 15.1 Å². The number of imidazole rings is 1. The van der Waals surface area contributed by atoms with Crippen LogP contribution in [0.5, 0.6) is 0 Å². The van der Waals surface area contributed by atoms with Crippen LogP contribution in [0.3, 0.4) is 0 Å². The van der Waals surface area contributed by atoms with Gasteiger partial charge in [-0.25, -0.2) is 17.9 Å². The minimum atomic E-state index is -3.33. The molecule has 1 atom stereocenters. The van der Waals surface area contributed by atoms with Crippen LogP contribution < -0.4 is 5.43 Å². The number of carbonyl (C=O) groups is 1. The summed E-state index contributed by atoms with van der Waals surface area (Å²) in [4.78, 5) is 33.7. The third-order valence-electron chi connectivity index (χ3n) is 6.01. The van der Waals surface area contributed by atoms with Gasteiger partial charge in [0.25, 0.3) is 18.6 Å². The highest BCUT2D eigenvalue weighted by Crippen LogP contribution is 2.32. The monoisotopic (exact) mass is 492 g/mol. The number of likely N-dealkylation sites (tertiary alicyclic amines) is 1. The largest absolute Gasteiger partial charge is 0.345 e. The maximum atomic E-state index is 14.6. The number of carbonyl (C=O) groups excluding carboxylic acids is 1. The molecule has 12 heteroatoms. The topological polar surface area (TPSA) is 88.3 Å². The van der Waals surface area contributed by atoms with Gasteiger partial charge in [0.15, 0.2) is 0 Å². The molecular weight excluding hydrogens is 473 g/mol. The molecule has 8 nitrogen and oxygen atoms in total. The molecule has 0 spiro atoms. The zero-order chi connectivity index (χ0) is 24.0. The number of nitrogens with zero attached hydrogens (tertiary/aromatic N) is 5. The molecule has 1 saturated heterocycles. The molecule has 1 unspecified atom stereocenters. The number of alkyl halides is 3. The second kappa shape index (κ2) is 8.79. The number of halogens is 4. The van der Waals surface area contributed by atoms with Crippen molar-refractivity contribution in [3.05, 3.63) is 51.7 Å². The normalized spacial score (nSPS) is 15.9. The van der Waals surface area contributed by atoms with E-state index < -0.39 is 18.1 Å². The molecule has 1 N–H and O–H groups in total. The molecule has 0 aromatic carbocycles. The maximum absolute atomic E-state index is 14.6. The summed E-state index contributed by atoms with van der Waals surface area (Å²) >= 11 is 5.97. The van der Waals surface area contributed by atoms with Crippen LogP contribution in [-0.2, 0) is 0 Å². The fourth-order valence-corrected chi connectivity index (χ4v) is 4.44. The van der Waals surface area contributed by atoms with Crippen molar-refractivity contribution < 1.29 is 18.0 Å². The molecule has 178 valence electrons. The summed E-state index contributed by atoms with van der Waals surface area (Å²) in [7, 11) is 0. The van der Waals surface area contributed by atoms with E-state index in [1.165, 1.54) is 35.1 Å². The Kier molecular flexibility index (Phi) is 5.80. The van der Waals surface area contributed by atoms with Gasteiger partial charge in [0, 0.05) is 43.1 Å². The van der Waals surface area contributed by atoms with Crippen molar-refractivity contribution in [2.45, 2.75) is 38.4 Å². The number of fused-ring (bicyclic) bond motifs is 2. The molecule has 34 heavy (non-hydrogen) atoms. The van der Waals surface area contributed by atoms with Crippen molar-refractivity contribution in [2.75, 3.05) is 13.1 Å². The Morgan fingerprint density at radius 1 is 1.12 bits per heavy atom. The molecular formula is C22H20ClF3N6O2. The van der Waals surface area contributed by atoms with Gasteiger partial charge in [-0.2, -0.15) is 5.10 Å². The summed E-state index contributed by atoms with van der Waals surface area (Å²) in [5.41, 5.74) is 0.539. The van der Waals surface area contributed by atoms with E-state index in [1.54, 1.807) is 4.90 Å². The standard InChI is InChI=1S/C22H20ClF3N6O2/c23-13-11-31-16(10-28-18(31)8-17(13)33)19-12-9-27-14(22(34)30-5-3-1-2-4-6-30)7-15(12)32(29-19)21(26)20(24)25/h7-11,20-21,28H,1-6H2. The minimum absolute atomic E-state index is 0.0115. The van der Waals surface area contributed by atoms with E-state index in [0.717, 1.165) is 25.7 Å². The van der Waals surface area contributed by atoms with Crippen molar-refractivity contribution in [3.8, 4) is 11.4 Å². The van der Waals surface area contributed by atoms with Gasteiger partial charge in [0.1, 0.15) is 22.1 Å². The summed E-state index contributed by atoms with van der Waals surface area (Å²) in [6.07, 6.45) is 1.95. The van der Waals surface area contributed by atoms with Gasteiger partial charge >= 0.3 is 0 Å². The summed E-state index contributed by atoms with van der Waals surface area (Å²) in [5.74, 6) is -0.332. The Morgan fingerprint density at radius 3 is 2.56 bits per heavy atom. The number of amides is 1. The van der Waals surface area contributed by atoms with E-state index in [1.807, 2.05) is 0 Å². The van der Waals surface area contributed by atoms with E-state index >= 15 is 0 Å². The van der Waals surface area contributed by atoms with Crippen LogP contribution in [0.25, 0.3) is 27.9 Å². The average molecular weight is 493 g/mol.